The van der Waals surface area contributed by atoms with Crippen molar-refractivity contribution in [3.63, 3.8) is 0 Å². The molecule has 0 spiro atoms. The van der Waals surface area contributed by atoms with Crippen molar-refractivity contribution in [1.82, 2.24) is 25.1 Å². The van der Waals surface area contributed by atoms with Crippen LogP contribution in [0, 0.1) is 5.92 Å². The molecule has 3 heterocycles. The molecule has 0 aliphatic heterocycles. The van der Waals surface area contributed by atoms with Crippen LogP contribution < -0.4 is 5.32 Å². The van der Waals surface area contributed by atoms with Gasteiger partial charge in [-0.05, 0) is 30.2 Å². The highest BCUT2D eigenvalue weighted by molar-refractivity contribution is 6.33. The minimum absolute atomic E-state index is 0.0961. The molecule has 4 rings (SSSR count). The number of carbonyl (C=O) groups is 1. The number of rotatable bonds is 6. The largest absolute Gasteiger partial charge is 0.435 e. The number of halogens is 1. The maximum atomic E-state index is 12.1. The second-order valence-electron chi connectivity index (χ2n) is 7.09. The van der Waals surface area contributed by atoms with Gasteiger partial charge >= 0.3 is 0 Å². The van der Waals surface area contributed by atoms with Crippen molar-refractivity contribution >= 4 is 23.3 Å². The van der Waals surface area contributed by atoms with Crippen LogP contribution in [0.2, 0.25) is 5.02 Å². The van der Waals surface area contributed by atoms with Crippen LogP contribution in [0.1, 0.15) is 20.3 Å². The van der Waals surface area contributed by atoms with Gasteiger partial charge in [-0.3, -0.25) is 9.89 Å². The van der Waals surface area contributed by atoms with Crippen molar-refractivity contribution in [2.24, 2.45) is 5.92 Å². The van der Waals surface area contributed by atoms with Gasteiger partial charge in [-0.1, -0.05) is 37.6 Å². The van der Waals surface area contributed by atoms with E-state index < -0.39 is 0 Å². The van der Waals surface area contributed by atoms with Gasteiger partial charge in [-0.25, -0.2) is 15.0 Å². The summed E-state index contributed by atoms with van der Waals surface area (Å²) in [6.45, 7) is 3.97. The highest BCUT2D eigenvalue weighted by Gasteiger charge is 2.22. The van der Waals surface area contributed by atoms with E-state index in [1.165, 1.54) is 6.33 Å². The molecule has 0 radical (unpaired) electrons. The molecule has 3 aromatic heterocycles. The van der Waals surface area contributed by atoms with E-state index in [1.807, 2.05) is 32.0 Å². The maximum Gasteiger partial charge on any atom is 0.227 e. The number of aromatic amines is 1. The fourth-order valence-electron chi connectivity index (χ4n) is 2.95. The van der Waals surface area contributed by atoms with Crippen molar-refractivity contribution in [3.05, 3.63) is 53.9 Å². The van der Waals surface area contributed by atoms with E-state index in [9.17, 15) is 4.79 Å². The Bertz CT molecular complexity index is 1170. The zero-order valence-corrected chi connectivity index (χ0v) is 17.1. The number of H-pyrrole nitrogens is 1. The summed E-state index contributed by atoms with van der Waals surface area (Å²) in [4.78, 5) is 25.1. The van der Waals surface area contributed by atoms with E-state index in [2.05, 4.69) is 30.5 Å². The van der Waals surface area contributed by atoms with Crippen molar-refractivity contribution in [2.75, 3.05) is 5.32 Å². The van der Waals surface area contributed by atoms with Gasteiger partial charge in [-0.15, -0.1) is 0 Å². The third-order valence-electron chi connectivity index (χ3n) is 4.25. The first-order valence-corrected chi connectivity index (χ1v) is 9.77. The zero-order chi connectivity index (χ0) is 21.1. The van der Waals surface area contributed by atoms with Gasteiger partial charge in [0.2, 0.25) is 11.8 Å². The first kappa shape index (κ1) is 19.8. The molecule has 9 heteroatoms. The predicted octanol–water partition coefficient (Wildman–Crippen LogP) is 4.83. The Balaban J connectivity index is 1.74. The zero-order valence-electron chi connectivity index (χ0n) is 16.4. The lowest BCUT2D eigenvalue weighted by molar-refractivity contribution is -0.116. The van der Waals surface area contributed by atoms with Crippen LogP contribution in [0.15, 0.2) is 53.3 Å². The van der Waals surface area contributed by atoms with Crippen LogP contribution >= 0.6 is 11.6 Å². The molecule has 1 amide bonds. The molecule has 30 heavy (non-hydrogen) atoms. The van der Waals surface area contributed by atoms with Gasteiger partial charge < -0.3 is 9.73 Å². The fourth-order valence-corrected chi connectivity index (χ4v) is 3.17. The summed E-state index contributed by atoms with van der Waals surface area (Å²) in [5.41, 5.74) is 1.82. The number of anilines is 1. The number of oxazole rings is 1. The van der Waals surface area contributed by atoms with E-state index in [0.717, 1.165) is 0 Å². The molecule has 1 aromatic carbocycles. The Morgan fingerprint density at radius 1 is 1.23 bits per heavy atom. The molecule has 0 aliphatic carbocycles. The predicted molar refractivity (Wildman–Crippen MR) is 114 cm³/mol. The minimum Gasteiger partial charge on any atom is -0.435 e. The quantitative estimate of drug-likeness (QED) is 0.460. The molecule has 152 valence electrons. The second kappa shape index (κ2) is 8.46. The molecule has 0 fully saturated rings. The Kier molecular flexibility index (Phi) is 5.58. The number of nitrogens with one attached hydrogen (secondary N) is 2. The molecule has 0 atom stereocenters. The van der Waals surface area contributed by atoms with Crippen LogP contribution in [0.4, 0.5) is 5.82 Å². The molecule has 0 bridgehead atoms. The fraction of sp³-hybridized carbons (Fsp3) is 0.190. The lowest BCUT2D eigenvalue weighted by Crippen LogP contribution is -2.14. The van der Waals surface area contributed by atoms with E-state index >= 15 is 0 Å². The van der Waals surface area contributed by atoms with Gasteiger partial charge in [0.05, 0.1) is 5.02 Å². The summed E-state index contributed by atoms with van der Waals surface area (Å²) in [7, 11) is 0. The standard InChI is InChI=1S/C21H19ClN6O2/c1-12(2)9-17(29)26-16-10-13(7-8-23-16)21-27-18(20-24-11-25-28-20)19(30-21)14-5-3-4-6-15(14)22/h3-8,10-12H,9H2,1-2H3,(H,23,26,29)(H,24,25,28). The number of carbonyl (C=O) groups excluding carboxylic acids is 1. The first-order chi connectivity index (χ1) is 14.5. The number of hydrogen-bond acceptors (Lipinski definition) is 6. The van der Waals surface area contributed by atoms with Crippen molar-refractivity contribution in [1.29, 1.82) is 0 Å². The summed E-state index contributed by atoms with van der Waals surface area (Å²) in [5.74, 6) is 1.85. The Labute approximate surface area is 177 Å². The SMILES string of the molecule is CC(C)CC(=O)Nc1cc(-c2nc(-c3ncn[nH]3)c(-c3ccccc3Cl)o2)ccn1. The van der Waals surface area contributed by atoms with Crippen molar-refractivity contribution in [3.8, 4) is 34.3 Å². The Morgan fingerprint density at radius 3 is 2.80 bits per heavy atom. The molecule has 2 N–H and O–H groups in total. The summed E-state index contributed by atoms with van der Waals surface area (Å²) in [6.07, 6.45) is 3.40. The van der Waals surface area contributed by atoms with Crippen LogP contribution in [-0.4, -0.2) is 31.1 Å². The topological polar surface area (TPSA) is 110 Å². The van der Waals surface area contributed by atoms with E-state index in [1.54, 1.807) is 24.4 Å². The average Bonchev–Trinajstić information content (AvgIpc) is 3.38. The Hall–Kier alpha value is -3.52. The van der Waals surface area contributed by atoms with Gasteiger partial charge in [0.25, 0.3) is 0 Å². The maximum absolute atomic E-state index is 12.1. The molecule has 0 saturated heterocycles. The van der Waals surface area contributed by atoms with Crippen molar-refractivity contribution < 1.29 is 9.21 Å². The monoisotopic (exact) mass is 422 g/mol. The summed E-state index contributed by atoms with van der Waals surface area (Å²) in [6, 6.07) is 10.8. The number of pyridine rings is 1. The highest BCUT2D eigenvalue weighted by atomic mass is 35.5. The van der Waals surface area contributed by atoms with E-state index in [4.69, 9.17) is 16.0 Å². The summed E-state index contributed by atoms with van der Waals surface area (Å²) < 4.78 is 6.09. The van der Waals surface area contributed by atoms with Gasteiger partial charge in [-0.2, -0.15) is 5.10 Å². The normalized spacial score (nSPS) is 11.1. The van der Waals surface area contributed by atoms with Crippen LogP contribution in [0.25, 0.3) is 34.3 Å². The molecule has 0 saturated carbocycles. The molecule has 8 nitrogen and oxygen atoms in total. The van der Waals surface area contributed by atoms with Crippen molar-refractivity contribution in [2.45, 2.75) is 20.3 Å². The smallest absolute Gasteiger partial charge is 0.227 e. The highest BCUT2D eigenvalue weighted by Crippen LogP contribution is 2.37. The number of aromatic nitrogens is 5. The molecular formula is C21H19ClN6O2. The van der Waals surface area contributed by atoms with Gasteiger partial charge in [0, 0.05) is 23.7 Å². The second-order valence-corrected chi connectivity index (χ2v) is 7.49. The number of amides is 1. The van der Waals surface area contributed by atoms with E-state index in [0.29, 0.717) is 51.6 Å². The lowest BCUT2D eigenvalue weighted by atomic mass is 10.1. The van der Waals surface area contributed by atoms with Crippen LogP contribution in [0.5, 0.6) is 0 Å². The summed E-state index contributed by atoms with van der Waals surface area (Å²) >= 11 is 6.38. The first-order valence-electron chi connectivity index (χ1n) is 9.39. The van der Waals surface area contributed by atoms with Gasteiger partial charge in [0.1, 0.15) is 12.1 Å². The molecule has 0 unspecified atom stereocenters. The molecular weight excluding hydrogens is 404 g/mol. The molecule has 4 aromatic rings. The van der Waals surface area contributed by atoms with Gasteiger partial charge in [0.15, 0.2) is 17.3 Å². The molecule has 0 aliphatic rings. The third kappa shape index (κ3) is 4.23. The number of nitrogens with zero attached hydrogens (tertiary/aromatic N) is 4. The Morgan fingerprint density at radius 2 is 2.07 bits per heavy atom. The lowest BCUT2D eigenvalue weighted by Gasteiger charge is -2.07. The third-order valence-corrected chi connectivity index (χ3v) is 4.58. The minimum atomic E-state index is -0.0961. The summed E-state index contributed by atoms with van der Waals surface area (Å²) in [5, 5.41) is 10.0. The number of benzene rings is 1. The number of hydrogen-bond donors (Lipinski definition) is 2. The van der Waals surface area contributed by atoms with E-state index in [-0.39, 0.29) is 11.8 Å². The van der Waals surface area contributed by atoms with Crippen LogP contribution in [0.3, 0.4) is 0 Å². The van der Waals surface area contributed by atoms with Crippen LogP contribution in [-0.2, 0) is 4.79 Å². The average molecular weight is 423 g/mol.